The molecule has 29 heavy (non-hydrogen) atoms. The molecular weight excluding hydrogens is 411 g/mol. The number of carbonyl (C=O) groups is 2. The van der Waals surface area contributed by atoms with E-state index in [0.29, 0.717) is 17.9 Å². The molecule has 0 unspecified atom stereocenters. The number of nitrogens with one attached hydrogen (secondary N) is 2. The number of hydrogen-bond acceptors (Lipinski definition) is 4. The van der Waals surface area contributed by atoms with Crippen LogP contribution in [0.15, 0.2) is 24.3 Å². The number of likely N-dealkylation sites (tertiary alicyclic amines) is 1. The molecule has 1 saturated carbocycles. The second kappa shape index (κ2) is 12.4. The fraction of sp³-hybridized carbons (Fsp3) is 0.619. The molecule has 1 aromatic rings. The molecule has 164 valence electrons. The van der Waals surface area contributed by atoms with Gasteiger partial charge in [0.15, 0.2) is 0 Å². The molecular formula is C21H34Cl2N4O2. The number of nitrogens with zero attached hydrogens (tertiary/aromatic N) is 1. The van der Waals surface area contributed by atoms with Crippen LogP contribution in [0.25, 0.3) is 0 Å². The Morgan fingerprint density at radius 2 is 1.45 bits per heavy atom. The fourth-order valence-electron chi connectivity index (χ4n) is 4.04. The van der Waals surface area contributed by atoms with Crippen LogP contribution >= 0.6 is 24.8 Å². The van der Waals surface area contributed by atoms with E-state index >= 15 is 0 Å². The molecule has 8 heteroatoms. The monoisotopic (exact) mass is 444 g/mol. The molecule has 6 nitrogen and oxygen atoms in total. The predicted octanol–water partition coefficient (Wildman–Crippen LogP) is 3.94. The Labute approximate surface area is 186 Å². The molecule has 2 fully saturated rings. The minimum absolute atomic E-state index is 0. The van der Waals surface area contributed by atoms with Gasteiger partial charge in [-0.15, -0.1) is 24.8 Å². The second-order valence-electron chi connectivity index (χ2n) is 7.99. The van der Waals surface area contributed by atoms with Crippen molar-refractivity contribution < 1.29 is 9.59 Å². The third-order valence-electron chi connectivity index (χ3n) is 5.67. The lowest BCUT2D eigenvalue weighted by Crippen LogP contribution is -2.52. The minimum atomic E-state index is -0.774. The van der Waals surface area contributed by atoms with Gasteiger partial charge >= 0.3 is 0 Å². The number of halogens is 2. The SMILES string of the molecule is Cl.Cl.NC1(C(=O)Nc2cccc(NC(=O)CN3CCCCCC3)c2)CCCCC1. The summed E-state index contributed by atoms with van der Waals surface area (Å²) < 4.78 is 0. The van der Waals surface area contributed by atoms with Gasteiger partial charge in [-0.25, -0.2) is 0 Å². The molecule has 1 aromatic carbocycles. The van der Waals surface area contributed by atoms with E-state index in [1.165, 1.54) is 12.8 Å². The van der Waals surface area contributed by atoms with E-state index in [9.17, 15) is 9.59 Å². The average Bonchev–Trinajstić information content (AvgIpc) is 2.91. The number of benzene rings is 1. The molecule has 2 aliphatic rings. The first-order valence-electron chi connectivity index (χ1n) is 10.3. The quantitative estimate of drug-likeness (QED) is 0.641. The van der Waals surface area contributed by atoms with Crippen LogP contribution in [-0.2, 0) is 9.59 Å². The third-order valence-corrected chi connectivity index (χ3v) is 5.67. The molecule has 0 bridgehead atoms. The lowest BCUT2D eigenvalue weighted by Gasteiger charge is -2.31. The van der Waals surface area contributed by atoms with Crippen LogP contribution in [0.3, 0.4) is 0 Å². The fourth-order valence-corrected chi connectivity index (χ4v) is 4.04. The summed E-state index contributed by atoms with van der Waals surface area (Å²) in [4.78, 5) is 27.2. The van der Waals surface area contributed by atoms with Crippen LogP contribution in [0.2, 0.25) is 0 Å². The predicted molar refractivity (Wildman–Crippen MR) is 123 cm³/mol. The lowest BCUT2D eigenvalue weighted by molar-refractivity contribution is -0.122. The van der Waals surface area contributed by atoms with Gasteiger partial charge in [-0.3, -0.25) is 14.5 Å². The summed E-state index contributed by atoms with van der Waals surface area (Å²) >= 11 is 0. The van der Waals surface area contributed by atoms with Gasteiger partial charge in [-0.2, -0.15) is 0 Å². The first-order chi connectivity index (χ1) is 13.0. The standard InChI is InChI=1S/C21H32N4O2.2ClH/c22-21(11-4-3-5-12-21)20(27)24-18-10-8-9-17(15-18)23-19(26)16-25-13-6-1-2-7-14-25;;/h8-10,15H,1-7,11-14,16,22H2,(H,23,26)(H,24,27);2*1H. The van der Waals surface area contributed by atoms with Crippen LogP contribution < -0.4 is 16.4 Å². The molecule has 2 amide bonds. The van der Waals surface area contributed by atoms with Gasteiger partial charge in [0.25, 0.3) is 0 Å². The lowest BCUT2D eigenvalue weighted by atomic mass is 9.82. The Bertz CT molecular complexity index is 658. The summed E-state index contributed by atoms with van der Waals surface area (Å²) in [6.07, 6.45) is 9.42. The summed E-state index contributed by atoms with van der Waals surface area (Å²) in [5, 5.41) is 5.88. The maximum Gasteiger partial charge on any atom is 0.244 e. The van der Waals surface area contributed by atoms with Gasteiger partial charge in [0, 0.05) is 11.4 Å². The average molecular weight is 445 g/mol. The number of carbonyl (C=O) groups excluding carboxylic acids is 2. The van der Waals surface area contributed by atoms with Crippen molar-refractivity contribution in [1.29, 1.82) is 0 Å². The summed E-state index contributed by atoms with van der Waals surface area (Å²) in [5.74, 6) is -0.141. The topological polar surface area (TPSA) is 87.5 Å². The minimum Gasteiger partial charge on any atom is -0.325 e. The van der Waals surface area contributed by atoms with Crippen molar-refractivity contribution in [3.63, 3.8) is 0 Å². The van der Waals surface area contributed by atoms with Crippen LogP contribution in [0.1, 0.15) is 57.8 Å². The highest BCUT2D eigenvalue weighted by Gasteiger charge is 2.35. The van der Waals surface area contributed by atoms with Gasteiger partial charge in [-0.05, 0) is 57.0 Å². The molecule has 0 spiro atoms. The molecule has 1 saturated heterocycles. The van der Waals surface area contributed by atoms with Gasteiger partial charge in [0.1, 0.15) is 0 Å². The number of anilines is 2. The van der Waals surface area contributed by atoms with Gasteiger partial charge in [-0.1, -0.05) is 38.2 Å². The maximum absolute atomic E-state index is 12.6. The number of rotatable bonds is 5. The summed E-state index contributed by atoms with van der Waals surface area (Å²) in [7, 11) is 0. The van der Waals surface area contributed by atoms with Crippen molar-refractivity contribution in [1.82, 2.24) is 4.90 Å². The maximum atomic E-state index is 12.6. The molecule has 1 aliphatic carbocycles. The zero-order valence-corrected chi connectivity index (χ0v) is 18.6. The van der Waals surface area contributed by atoms with E-state index in [0.717, 1.165) is 58.0 Å². The number of hydrogen-bond donors (Lipinski definition) is 3. The van der Waals surface area contributed by atoms with E-state index in [1.54, 1.807) is 6.07 Å². The van der Waals surface area contributed by atoms with Crippen LogP contribution in [0.4, 0.5) is 11.4 Å². The highest BCUT2D eigenvalue weighted by molar-refractivity contribution is 5.99. The Morgan fingerprint density at radius 3 is 2.07 bits per heavy atom. The van der Waals surface area contributed by atoms with E-state index < -0.39 is 5.54 Å². The van der Waals surface area contributed by atoms with E-state index in [2.05, 4.69) is 15.5 Å². The number of amides is 2. The Hall–Kier alpha value is -1.34. The van der Waals surface area contributed by atoms with Crippen molar-refractivity contribution in [2.24, 2.45) is 5.73 Å². The first kappa shape index (κ1) is 25.7. The summed E-state index contributed by atoms with van der Waals surface area (Å²) in [6, 6.07) is 7.30. The van der Waals surface area contributed by atoms with Gasteiger partial charge < -0.3 is 16.4 Å². The van der Waals surface area contributed by atoms with E-state index in [1.807, 2.05) is 18.2 Å². The highest BCUT2D eigenvalue weighted by atomic mass is 35.5. The summed E-state index contributed by atoms with van der Waals surface area (Å²) in [5.41, 5.74) is 6.89. The summed E-state index contributed by atoms with van der Waals surface area (Å²) in [6.45, 7) is 2.40. The van der Waals surface area contributed by atoms with Crippen molar-refractivity contribution in [3.05, 3.63) is 24.3 Å². The smallest absolute Gasteiger partial charge is 0.244 e. The molecule has 1 heterocycles. The molecule has 0 aromatic heterocycles. The van der Waals surface area contributed by atoms with E-state index in [4.69, 9.17) is 5.73 Å². The zero-order valence-electron chi connectivity index (χ0n) is 17.0. The third kappa shape index (κ3) is 7.78. The molecule has 0 atom stereocenters. The molecule has 0 radical (unpaired) electrons. The highest BCUT2D eigenvalue weighted by Crippen LogP contribution is 2.27. The number of nitrogens with two attached hydrogens (primary N) is 1. The Morgan fingerprint density at radius 1 is 0.897 bits per heavy atom. The van der Waals surface area contributed by atoms with Gasteiger partial charge in [0.05, 0.1) is 12.1 Å². The Kier molecular flexibility index (Phi) is 11.0. The van der Waals surface area contributed by atoms with Gasteiger partial charge in [0.2, 0.25) is 11.8 Å². The van der Waals surface area contributed by atoms with Crippen molar-refractivity contribution in [2.45, 2.75) is 63.3 Å². The first-order valence-corrected chi connectivity index (χ1v) is 10.3. The van der Waals surface area contributed by atoms with Crippen molar-refractivity contribution in [2.75, 3.05) is 30.3 Å². The van der Waals surface area contributed by atoms with Crippen molar-refractivity contribution in [3.8, 4) is 0 Å². The second-order valence-corrected chi connectivity index (χ2v) is 7.99. The van der Waals surface area contributed by atoms with Crippen LogP contribution in [-0.4, -0.2) is 41.9 Å². The van der Waals surface area contributed by atoms with Crippen LogP contribution in [0, 0.1) is 0 Å². The molecule has 4 N–H and O–H groups in total. The van der Waals surface area contributed by atoms with E-state index in [-0.39, 0.29) is 36.6 Å². The molecule has 3 rings (SSSR count). The zero-order chi connectivity index (χ0) is 19.1. The largest absolute Gasteiger partial charge is 0.325 e. The van der Waals surface area contributed by atoms with Crippen LogP contribution in [0.5, 0.6) is 0 Å². The normalized spacial score (nSPS) is 19.1. The van der Waals surface area contributed by atoms with Crippen molar-refractivity contribution >= 4 is 48.0 Å². The Balaban J connectivity index is 0.00000210. The molecule has 1 aliphatic heterocycles.